The highest BCUT2D eigenvalue weighted by molar-refractivity contribution is 7.92. The van der Waals surface area contributed by atoms with E-state index in [-0.39, 0.29) is 17.7 Å². The zero-order valence-corrected chi connectivity index (χ0v) is 19.2. The molecule has 0 spiro atoms. The molecule has 0 radical (unpaired) electrons. The predicted octanol–water partition coefficient (Wildman–Crippen LogP) is 4.74. The third kappa shape index (κ3) is 6.67. The Morgan fingerprint density at radius 1 is 1.03 bits per heavy atom. The Morgan fingerprint density at radius 2 is 1.68 bits per heavy atom. The fraction of sp³-hybridized carbons (Fsp3) is 0.167. The van der Waals surface area contributed by atoms with Crippen LogP contribution in [0, 0.1) is 6.92 Å². The second-order valence-electron chi connectivity index (χ2n) is 7.62. The number of alkyl halides is 3. The molecule has 0 aromatic heterocycles. The molecule has 0 atom stereocenters. The van der Waals surface area contributed by atoms with E-state index in [2.05, 4.69) is 10.5 Å². The molecule has 0 aliphatic heterocycles. The number of sulfonamides is 1. The average molecular weight is 490 g/mol. The van der Waals surface area contributed by atoms with Crippen molar-refractivity contribution in [2.45, 2.75) is 19.6 Å². The van der Waals surface area contributed by atoms with E-state index in [9.17, 15) is 26.4 Å². The number of nitrogens with zero attached hydrogens (tertiary/aromatic N) is 2. The van der Waals surface area contributed by atoms with Crippen molar-refractivity contribution in [2.75, 3.05) is 10.6 Å². The molecular formula is C24H22F3N3O3S. The molecule has 1 N–H and O–H groups in total. The highest BCUT2D eigenvalue weighted by atomic mass is 32.2. The summed E-state index contributed by atoms with van der Waals surface area (Å²) in [5.41, 5.74) is 4.05. The monoisotopic (exact) mass is 489 g/mol. The fourth-order valence-electron chi connectivity index (χ4n) is 3.06. The van der Waals surface area contributed by atoms with Gasteiger partial charge >= 0.3 is 6.18 Å². The van der Waals surface area contributed by atoms with Crippen molar-refractivity contribution in [1.29, 1.82) is 0 Å². The van der Waals surface area contributed by atoms with Crippen LogP contribution in [0.15, 0.2) is 77.9 Å². The van der Waals surface area contributed by atoms with Crippen LogP contribution in [0.5, 0.6) is 0 Å². The molecule has 3 aromatic rings. The number of nitrogens with one attached hydrogen (secondary N) is 1. The predicted molar refractivity (Wildman–Crippen MR) is 125 cm³/mol. The van der Waals surface area contributed by atoms with Crippen molar-refractivity contribution in [2.24, 2.45) is 5.10 Å². The van der Waals surface area contributed by atoms with Crippen LogP contribution in [0.3, 0.4) is 0 Å². The van der Waals surface area contributed by atoms with Gasteiger partial charge in [0.05, 0.1) is 30.3 Å². The second-order valence-corrected chi connectivity index (χ2v) is 9.53. The van der Waals surface area contributed by atoms with Crippen LogP contribution in [0.25, 0.3) is 0 Å². The number of amides is 1. The summed E-state index contributed by atoms with van der Waals surface area (Å²) in [6.45, 7) is 2.07. The standard InChI is InChI=1S/C24H22F3N3O3S/c1-17-6-8-18(9-7-17)16-30(34(2,32)33)22-12-10-20(11-13-22)23(31)29-28-15-19-4-3-5-21(14-19)24(25,26)27/h3-15H,16H2,1-2H3,(H,29,31)/b28-15-. The summed E-state index contributed by atoms with van der Waals surface area (Å²) in [5, 5.41) is 3.70. The van der Waals surface area contributed by atoms with Gasteiger partial charge in [-0.25, -0.2) is 13.8 Å². The number of aryl methyl sites for hydroxylation is 1. The van der Waals surface area contributed by atoms with Gasteiger partial charge in [-0.1, -0.05) is 42.0 Å². The van der Waals surface area contributed by atoms with Crippen molar-refractivity contribution in [3.8, 4) is 0 Å². The molecule has 178 valence electrons. The minimum atomic E-state index is -4.48. The number of hydrogen-bond acceptors (Lipinski definition) is 4. The highest BCUT2D eigenvalue weighted by Gasteiger charge is 2.30. The molecule has 0 aliphatic carbocycles. The lowest BCUT2D eigenvalue weighted by molar-refractivity contribution is -0.137. The Morgan fingerprint density at radius 3 is 2.26 bits per heavy atom. The van der Waals surface area contributed by atoms with E-state index in [0.29, 0.717) is 5.69 Å². The summed E-state index contributed by atoms with van der Waals surface area (Å²) in [4.78, 5) is 12.3. The van der Waals surface area contributed by atoms with Crippen molar-refractivity contribution >= 4 is 27.8 Å². The van der Waals surface area contributed by atoms with Crippen LogP contribution in [-0.4, -0.2) is 26.8 Å². The Bertz CT molecular complexity index is 1290. The van der Waals surface area contributed by atoms with Crippen molar-refractivity contribution in [3.63, 3.8) is 0 Å². The molecule has 0 saturated heterocycles. The Hall–Kier alpha value is -3.66. The van der Waals surface area contributed by atoms with E-state index >= 15 is 0 Å². The van der Waals surface area contributed by atoms with Gasteiger partial charge in [0.2, 0.25) is 10.0 Å². The first-order valence-corrected chi connectivity index (χ1v) is 11.9. The molecule has 0 heterocycles. The van der Waals surface area contributed by atoms with Crippen LogP contribution in [0.2, 0.25) is 0 Å². The molecule has 3 aromatic carbocycles. The molecule has 1 amide bonds. The zero-order chi connectivity index (χ0) is 24.9. The number of carbonyl (C=O) groups excluding carboxylic acids is 1. The molecular weight excluding hydrogens is 467 g/mol. The largest absolute Gasteiger partial charge is 0.416 e. The quantitative estimate of drug-likeness (QED) is 0.385. The first-order valence-electron chi connectivity index (χ1n) is 10.1. The van der Waals surface area contributed by atoms with Gasteiger partial charge in [-0.3, -0.25) is 9.10 Å². The molecule has 6 nitrogen and oxygen atoms in total. The normalized spacial score (nSPS) is 12.0. The lowest BCUT2D eigenvalue weighted by Crippen LogP contribution is -2.29. The van der Waals surface area contributed by atoms with Crippen LogP contribution in [0.1, 0.15) is 32.6 Å². The smallest absolute Gasteiger partial charge is 0.267 e. The fourth-order valence-corrected chi connectivity index (χ4v) is 3.95. The SMILES string of the molecule is Cc1ccc(CN(c2ccc(C(=O)N/N=C\c3cccc(C(F)(F)F)c3)cc2)S(C)(=O)=O)cc1. The third-order valence-corrected chi connectivity index (χ3v) is 6.00. The van der Waals surface area contributed by atoms with Gasteiger partial charge in [0.1, 0.15) is 0 Å². The molecule has 0 fully saturated rings. The summed E-state index contributed by atoms with van der Waals surface area (Å²) in [6.07, 6.45) is -2.27. The summed E-state index contributed by atoms with van der Waals surface area (Å²) in [6, 6.07) is 17.9. The van der Waals surface area contributed by atoms with Gasteiger partial charge in [-0.15, -0.1) is 0 Å². The second kappa shape index (κ2) is 10.1. The maximum absolute atomic E-state index is 12.8. The summed E-state index contributed by atoms with van der Waals surface area (Å²) >= 11 is 0. The Balaban J connectivity index is 1.70. The lowest BCUT2D eigenvalue weighted by atomic mass is 10.1. The van der Waals surface area contributed by atoms with Crippen molar-refractivity contribution in [1.82, 2.24) is 5.43 Å². The van der Waals surface area contributed by atoms with Gasteiger partial charge in [0.25, 0.3) is 5.91 Å². The molecule has 0 aliphatic rings. The maximum atomic E-state index is 12.8. The Labute approximate surface area is 195 Å². The molecule has 0 unspecified atom stereocenters. The van der Waals surface area contributed by atoms with Crippen LogP contribution in [-0.2, 0) is 22.7 Å². The van der Waals surface area contributed by atoms with Gasteiger partial charge < -0.3 is 0 Å². The maximum Gasteiger partial charge on any atom is 0.416 e. The minimum absolute atomic E-state index is 0.131. The molecule has 10 heteroatoms. The Kier molecular flexibility index (Phi) is 7.41. The summed E-state index contributed by atoms with van der Waals surface area (Å²) in [5.74, 6) is -0.598. The van der Waals surface area contributed by atoms with E-state index in [1.165, 1.54) is 40.7 Å². The average Bonchev–Trinajstić information content (AvgIpc) is 2.77. The van der Waals surface area contributed by atoms with Crippen molar-refractivity contribution in [3.05, 3.63) is 101 Å². The van der Waals surface area contributed by atoms with E-state index in [0.717, 1.165) is 35.7 Å². The van der Waals surface area contributed by atoms with E-state index < -0.39 is 27.7 Å². The van der Waals surface area contributed by atoms with Crippen LogP contribution >= 0.6 is 0 Å². The number of halogens is 3. The first kappa shape index (κ1) is 25.0. The molecule has 34 heavy (non-hydrogen) atoms. The number of benzene rings is 3. The van der Waals surface area contributed by atoms with Gasteiger partial charge in [0.15, 0.2) is 0 Å². The van der Waals surface area contributed by atoms with E-state index in [1.54, 1.807) is 0 Å². The summed E-state index contributed by atoms with van der Waals surface area (Å²) in [7, 11) is -3.59. The topological polar surface area (TPSA) is 78.8 Å². The van der Waals surface area contributed by atoms with Gasteiger partial charge in [-0.05, 0) is 54.4 Å². The van der Waals surface area contributed by atoms with E-state index in [4.69, 9.17) is 0 Å². The summed E-state index contributed by atoms with van der Waals surface area (Å²) < 4.78 is 64.3. The molecule has 3 rings (SSSR count). The number of hydrazone groups is 1. The third-order valence-electron chi connectivity index (χ3n) is 4.86. The van der Waals surface area contributed by atoms with Crippen LogP contribution < -0.4 is 9.73 Å². The number of anilines is 1. The first-order chi connectivity index (χ1) is 15.9. The number of carbonyl (C=O) groups is 1. The van der Waals surface area contributed by atoms with Gasteiger partial charge in [-0.2, -0.15) is 18.3 Å². The van der Waals surface area contributed by atoms with Crippen LogP contribution in [0.4, 0.5) is 18.9 Å². The molecule has 0 bridgehead atoms. The molecule has 0 saturated carbocycles. The zero-order valence-electron chi connectivity index (χ0n) is 18.4. The highest BCUT2D eigenvalue weighted by Crippen LogP contribution is 2.29. The van der Waals surface area contributed by atoms with Crippen molar-refractivity contribution < 1.29 is 26.4 Å². The number of hydrogen-bond donors (Lipinski definition) is 1. The lowest BCUT2D eigenvalue weighted by Gasteiger charge is -2.22. The minimum Gasteiger partial charge on any atom is -0.267 e. The van der Waals surface area contributed by atoms with Gasteiger partial charge in [0, 0.05) is 5.56 Å². The van der Waals surface area contributed by atoms with E-state index in [1.807, 2.05) is 31.2 Å². The number of rotatable bonds is 7.